The Morgan fingerprint density at radius 1 is 1.10 bits per heavy atom. The molecule has 7 heteroatoms. The molecule has 2 aromatic rings. The molecule has 0 aliphatic rings. The van der Waals surface area contributed by atoms with Gasteiger partial charge in [-0.15, -0.1) is 0 Å². The first-order valence-electron chi connectivity index (χ1n) is 9.34. The Labute approximate surface area is 173 Å². The second-order valence-corrected chi connectivity index (χ2v) is 9.71. The molecule has 0 aromatic heterocycles. The van der Waals surface area contributed by atoms with Gasteiger partial charge in [0.05, 0.1) is 7.11 Å². The van der Waals surface area contributed by atoms with E-state index in [1.807, 2.05) is 48.5 Å². The summed E-state index contributed by atoms with van der Waals surface area (Å²) in [5.74, 6) is 4.62. The van der Waals surface area contributed by atoms with E-state index in [9.17, 15) is 9.00 Å². The maximum atomic E-state index is 12.4. The Hall–Kier alpha value is -2.51. The van der Waals surface area contributed by atoms with Crippen molar-refractivity contribution in [2.75, 3.05) is 19.9 Å². The zero-order valence-corrected chi connectivity index (χ0v) is 18.3. The highest BCUT2D eigenvalue weighted by atomic mass is 32.2. The number of carbonyl (C=O) groups excluding carboxylic acids is 1. The largest absolute Gasteiger partial charge is 0.493 e. The SMILES string of the molecule is C=S(C)(=O)NC(C)(C)C(=O)NCCc1ccc(OCc2ccccc2)c(OC)c1. The van der Waals surface area contributed by atoms with Crippen molar-refractivity contribution in [3.8, 4) is 11.5 Å². The fourth-order valence-electron chi connectivity index (χ4n) is 2.85. The molecule has 0 bridgehead atoms. The number of carbonyl (C=O) groups is 1. The first kappa shape index (κ1) is 22.8. The molecule has 0 saturated carbocycles. The number of amides is 1. The van der Waals surface area contributed by atoms with Crippen LogP contribution >= 0.6 is 0 Å². The lowest BCUT2D eigenvalue weighted by molar-refractivity contribution is -0.125. The van der Waals surface area contributed by atoms with Crippen LogP contribution in [0.15, 0.2) is 48.5 Å². The van der Waals surface area contributed by atoms with Gasteiger partial charge in [0.25, 0.3) is 0 Å². The van der Waals surface area contributed by atoms with Crippen LogP contribution in [0.25, 0.3) is 0 Å². The number of ether oxygens (including phenoxy) is 2. The molecule has 2 N–H and O–H groups in total. The van der Waals surface area contributed by atoms with Gasteiger partial charge in [-0.1, -0.05) is 36.4 Å². The third-order valence-electron chi connectivity index (χ3n) is 4.20. The van der Waals surface area contributed by atoms with Crippen molar-refractivity contribution < 1.29 is 18.5 Å². The molecule has 6 nitrogen and oxygen atoms in total. The van der Waals surface area contributed by atoms with Gasteiger partial charge in [-0.3, -0.25) is 9.00 Å². The van der Waals surface area contributed by atoms with Gasteiger partial charge >= 0.3 is 0 Å². The van der Waals surface area contributed by atoms with Crippen molar-refractivity contribution in [3.05, 3.63) is 59.7 Å². The van der Waals surface area contributed by atoms with Crippen LogP contribution in [-0.4, -0.2) is 41.4 Å². The molecule has 1 amide bonds. The summed E-state index contributed by atoms with van der Waals surface area (Å²) in [6, 6.07) is 15.7. The van der Waals surface area contributed by atoms with Gasteiger partial charge in [-0.25, -0.2) is 4.72 Å². The molecule has 0 spiro atoms. The second-order valence-electron chi connectivity index (χ2n) is 7.50. The Bertz CT molecular complexity index is 925. The summed E-state index contributed by atoms with van der Waals surface area (Å²) >= 11 is 0. The fourth-order valence-corrected chi connectivity index (χ4v) is 4.02. The van der Waals surface area contributed by atoms with E-state index in [0.29, 0.717) is 31.1 Å². The van der Waals surface area contributed by atoms with Crippen LogP contribution in [0.1, 0.15) is 25.0 Å². The average Bonchev–Trinajstić information content (AvgIpc) is 2.65. The average molecular weight is 419 g/mol. The molecule has 1 atom stereocenters. The van der Waals surface area contributed by atoms with Crippen LogP contribution in [0.5, 0.6) is 11.5 Å². The van der Waals surface area contributed by atoms with E-state index < -0.39 is 15.2 Å². The number of nitrogens with one attached hydrogen (secondary N) is 2. The van der Waals surface area contributed by atoms with Crippen LogP contribution in [0, 0.1) is 0 Å². The Balaban J connectivity index is 1.92. The smallest absolute Gasteiger partial charge is 0.240 e. The molecule has 0 aliphatic heterocycles. The lowest BCUT2D eigenvalue weighted by atomic mass is 10.1. The summed E-state index contributed by atoms with van der Waals surface area (Å²) < 4.78 is 25.9. The molecule has 0 fully saturated rings. The number of benzene rings is 2. The summed E-state index contributed by atoms with van der Waals surface area (Å²) in [6.45, 7) is 4.26. The molecule has 0 saturated heterocycles. The fraction of sp³-hybridized carbons (Fsp3) is 0.364. The highest BCUT2D eigenvalue weighted by Gasteiger charge is 2.28. The highest BCUT2D eigenvalue weighted by molar-refractivity contribution is 7.97. The predicted octanol–water partition coefficient (Wildman–Crippen LogP) is 2.56. The molecule has 158 valence electrons. The monoisotopic (exact) mass is 418 g/mol. The van der Waals surface area contributed by atoms with Gasteiger partial charge in [-0.05, 0) is 49.4 Å². The first-order chi connectivity index (χ1) is 13.6. The predicted molar refractivity (Wildman–Crippen MR) is 119 cm³/mol. The van der Waals surface area contributed by atoms with E-state index in [0.717, 1.165) is 11.1 Å². The standard InChI is InChI=1S/C22H30N2O4S/c1-22(2,24-29(4,5)26)21(25)23-14-13-17-11-12-19(20(15-17)27-3)28-16-18-9-7-6-8-10-18/h6-12,15H,4,13-14,16H2,1-3,5H3,(H,23,25)(H,24,26). The lowest BCUT2D eigenvalue weighted by Crippen LogP contribution is -2.54. The van der Waals surface area contributed by atoms with Crippen LogP contribution in [0.2, 0.25) is 0 Å². The molecule has 0 aliphatic carbocycles. The van der Waals surface area contributed by atoms with Crippen LogP contribution < -0.4 is 19.5 Å². The van der Waals surface area contributed by atoms with Crippen LogP contribution in [0.3, 0.4) is 0 Å². The van der Waals surface area contributed by atoms with Gasteiger partial charge in [0, 0.05) is 22.5 Å². The van der Waals surface area contributed by atoms with Crippen molar-refractivity contribution in [2.24, 2.45) is 0 Å². The van der Waals surface area contributed by atoms with Crippen molar-refractivity contribution in [3.63, 3.8) is 0 Å². The van der Waals surface area contributed by atoms with Gasteiger partial charge in [0.15, 0.2) is 11.5 Å². The molecule has 2 aromatic carbocycles. The summed E-state index contributed by atoms with van der Waals surface area (Å²) in [7, 11) is -0.882. The molecular formula is C22H30N2O4S. The first-order valence-corrected chi connectivity index (χ1v) is 11.5. The van der Waals surface area contributed by atoms with Crippen LogP contribution in [0.4, 0.5) is 0 Å². The van der Waals surface area contributed by atoms with E-state index in [1.165, 1.54) is 6.26 Å². The lowest BCUT2D eigenvalue weighted by Gasteiger charge is -2.25. The van der Waals surface area contributed by atoms with E-state index in [-0.39, 0.29) is 5.91 Å². The second kappa shape index (κ2) is 9.80. The van der Waals surface area contributed by atoms with E-state index >= 15 is 0 Å². The number of methoxy groups -OCH3 is 1. The minimum absolute atomic E-state index is 0.231. The number of hydrogen-bond donors (Lipinski definition) is 2. The Morgan fingerprint density at radius 2 is 1.79 bits per heavy atom. The normalized spacial score (nSPS) is 13.4. The highest BCUT2D eigenvalue weighted by Crippen LogP contribution is 2.29. The number of rotatable bonds is 10. The maximum Gasteiger partial charge on any atom is 0.240 e. The molecular weight excluding hydrogens is 388 g/mol. The molecule has 29 heavy (non-hydrogen) atoms. The van der Waals surface area contributed by atoms with E-state index in [1.54, 1.807) is 21.0 Å². The topological polar surface area (TPSA) is 76.7 Å². The Morgan fingerprint density at radius 3 is 2.41 bits per heavy atom. The van der Waals surface area contributed by atoms with E-state index in [2.05, 4.69) is 15.9 Å². The molecule has 2 rings (SSSR count). The van der Waals surface area contributed by atoms with Crippen LogP contribution in [-0.2, 0) is 27.5 Å². The van der Waals surface area contributed by atoms with E-state index in [4.69, 9.17) is 9.47 Å². The molecule has 1 unspecified atom stereocenters. The molecule has 0 radical (unpaired) electrons. The minimum atomic E-state index is -2.48. The third-order valence-corrected chi connectivity index (χ3v) is 5.15. The zero-order valence-electron chi connectivity index (χ0n) is 17.5. The summed E-state index contributed by atoms with van der Waals surface area (Å²) in [5, 5.41) is 2.87. The van der Waals surface area contributed by atoms with Crippen molar-refractivity contribution >= 4 is 21.5 Å². The van der Waals surface area contributed by atoms with Gasteiger partial charge in [0.1, 0.15) is 12.1 Å². The third kappa shape index (κ3) is 7.44. The van der Waals surface area contributed by atoms with Crippen molar-refractivity contribution in [2.45, 2.75) is 32.4 Å². The Kier molecular flexibility index (Phi) is 7.70. The van der Waals surface area contributed by atoms with Gasteiger partial charge in [-0.2, -0.15) is 0 Å². The maximum absolute atomic E-state index is 12.4. The van der Waals surface area contributed by atoms with Crippen molar-refractivity contribution in [1.82, 2.24) is 10.0 Å². The summed E-state index contributed by atoms with van der Waals surface area (Å²) in [6.07, 6.45) is 2.10. The summed E-state index contributed by atoms with van der Waals surface area (Å²) in [5.41, 5.74) is 1.12. The summed E-state index contributed by atoms with van der Waals surface area (Å²) in [4.78, 5) is 12.4. The molecule has 0 heterocycles. The number of hydrogen-bond acceptors (Lipinski definition) is 4. The van der Waals surface area contributed by atoms with Crippen molar-refractivity contribution in [1.29, 1.82) is 0 Å². The zero-order chi connectivity index (χ0) is 21.5. The van der Waals surface area contributed by atoms with Gasteiger partial charge in [0.2, 0.25) is 5.91 Å². The minimum Gasteiger partial charge on any atom is -0.493 e. The quantitative estimate of drug-likeness (QED) is 0.582. The van der Waals surface area contributed by atoms with Gasteiger partial charge < -0.3 is 14.8 Å².